The van der Waals surface area contributed by atoms with Gasteiger partial charge in [-0.2, -0.15) is 0 Å². The van der Waals surface area contributed by atoms with Crippen molar-refractivity contribution in [3.05, 3.63) is 29.8 Å². The maximum Gasteiger partial charge on any atom is 0.338 e. The van der Waals surface area contributed by atoms with Gasteiger partial charge < -0.3 is 43.7 Å². The molecule has 1 heterocycles. The normalized spacial score (nSPS) is 48.3. The highest BCUT2D eigenvalue weighted by Crippen LogP contribution is 2.80. The lowest BCUT2D eigenvalue weighted by Crippen LogP contribution is -2.79. The van der Waals surface area contributed by atoms with Crippen molar-refractivity contribution in [2.24, 2.45) is 34.5 Å². The molecule has 5 aliphatic carbocycles. The Balaban J connectivity index is 1.49. The van der Waals surface area contributed by atoms with E-state index in [0.717, 1.165) is 0 Å². The van der Waals surface area contributed by atoms with Gasteiger partial charge in [0.2, 0.25) is 0 Å². The van der Waals surface area contributed by atoms with E-state index in [1.807, 2.05) is 0 Å². The first-order valence-electron chi connectivity index (χ1n) is 16.4. The Morgan fingerprint density at radius 3 is 2.28 bits per heavy atom. The highest BCUT2D eigenvalue weighted by Gasteiger charge is 2.90. The first-order valence-corrected chi connectivity index (χ1v) is 16.4. The molecule has 0 radical (unpaired) electrons. The summed E-state index contributed by atoms with van der Waals surface area (Å²) in [5.41, 5.74) is -4.05. The van der Waals surface area contributed by atoms with Gasteiger partial charge in [-0.3, -0.25) is 9.69 Å². The zero-order chi connectivity index (χ0) is 33.0. The molecule has 6 aliphatic rings. The lowest BCUT2D eigenvalue weighted by atomic mass is 9.42. The average molecular weight is 646 g/mol. The fourth-order valence-electron chi connectivity index (χ4n) is 12.2. The second kappa shape index (κ2) is 10.8. The molecule has 1 saturated heterocycles. The van der Waals surface area contributed by atoms with Crippen LogP contribution in [0, 0.1) is 34.5 Å². The summed E-state index contributed by atoms with van der Waals surface area (Å²) in [5, 5.41) is 34.6. The summed E-state index contributed by atoms with van der Waals surface area (Å²) in [4.78, 5) is 29.4. The van der Waals surface area contributed by atoms with E-state index in [9.17, 15) is 24.9 Å². The fraction of sp³-hybridized carbons (Fsp3) is 0.765. The molecule has 254 valence electrons. The van der Waals surface area contributed by atoms with Gasteiger partial charge in [0, 0.05) is 89.4 Å². The molecule has 1 aromatic rings. The molecular formula is C34H47NO11. The molecule has 1 aromatic carbocycles. The van der Waals surface area contributed by atoms with Gasteiger partial charge in [-0.15, -0.1) is 0 Å². The van der Waals surface area contributed by atoms with Crippen LogP contribution < -0.4 is 0 Å². The van der Waals surface area contributed by atoms with Crippen molar-refractivity contribution in [3.63, 3.8) is 0 Å². The van der Waals surface area contributed by atoms with E-state index in [0.29, 0.717) is 19.5 Å². The zero-order valence-corrected chi connectivity index (χ0v) is 27.4. The second-order valence-electron chi connectivity index (χ2n) is 14.5. The third kappa shape index (κ3) is 3.75. The summed E-state index contributed by atoms with van der Waals surface area (Å²) in [6, 6.07) is 5.56. The monoisotopic (exact) mass is 645 g/mol. The van der Waals surface area contributed by atoms with Crippen LogP contribution >= 0.6 is 0 Å². The van der Waals surface area contributed by atoms with Crippen molar-refractivity contribution in [2.45, 2.75) is 80.9 Å². The van der Waals surface area contributed by atoms with Crippen molar-refractivity contribution in [2.75, 3.05) is 48.1 Å². The van der Waals surface area contributed by atoms with Gasteiger partial charge >= 0.3 is 11.9 Å². The number of aliphatic hydroxyl groups is 2. The maximum atomic E-state index is 13.8. The molecule has 46 heavy (non-hydrogen) atoms. The van der Waals surface area contributed by atoms with Crippen LogP contribution in [0.25, 0.3) is 0 Å². The van der Waals surface area contributed by atoms with Gasteiger partial charge in [0.25, 0.3) is 0 Å². The molecule has 1 spiro atoms. The minimum absolute atomic E-state index is 0.00800. The summed E-state index contributed by atoms with van der Waals surface area (Å²) in [6.07, 6.45) is -2.84. The number of benzene rings is 1. The van der Waals surface area contributed by atoms with Crippen molar-refractivity contribution in [1.82, 2.24) is 4.90 Å². The van der Waals surface area contributed by atoms with E-state index >= 15 is 0 Å². The first-order chi connectivity index (χ1) is 21.9. The summed E-state index contributed by atoms with van der Waals surface area (Å²) >= 11 is 0. The number of carbonyl (C=O) groups is 2. The Labute approximate surface area is 269 Å². The number of nitrogens with zero attached hydrogens (tertiary/aromatic N) is 1. The molecule has 0 amide bonds. The lowest BCUT2D eigenvalue weighted by molar-refractivity contribution is -0.300. The molecule has 0 aromatic heterocycles. The van der Waals surface area contributed by atoms with E-state index in [-0.39, 0.29) is 48.6 Å². The number of aromatic hydroxyl groups is 1. The van der Waals surface area contributed by atoms with Gasteiger partial charge in [0.15, 0.2) is 0 Å². The van der Waals surface area contributed by atoms with E-state index in [4.69, 9.17) is 28.4 Å². The topological polar surface area (TPSA) is 153 Å². The predicted octanol–water partition coefficient (Wildman–Crippen LogP) is 1.38. The molecule has 12 heteroatoms. The number of aliphatic hydroxyl groups excluding tert-OH is 1. The Morgan fingerprint density at radius 2 is 1.70 bits per heavy atom. The lowest BCUT2D eigenvalue weighted by Gasteiger charge is -2.70. The Hall–Kier alpha value is -2.32. The minimum Gasteiger partial charge on any atom is -0.508 e. The van der Waals surface area contributed by atoms with E-state index in [1.54, 1.807) is 21.3 Å². The summed E-state index contributed by atoms with van der Waals surface area (Å²) in [6.45, 7) is 4.98. The number of fused-ring (bicyclic) bond motifs is 2. The average Bonchev–Trinajstić information content (AvgIpc) is 3.40. The van der Waals surface area contributed by atoms with Gasteiger partial charge in [0.05, 0.1) is 36.6 Å². The van der Waals surface area contributed by atoms with Crippen LogP contribution in [0.15, 0.2) is 24.3 Å². The molecule has 14 atom stereocenters. The second-order valence-corrected chi connectivity index (χ2v) is 14.5. The number of hydrogen-bond donors (Lipinski definition) is 3. The molecule has 6 fully saturated rings. The Bertz CT molecular complexity index is 1380. The van der Waals surface area contributed by atoms with Crippen LogP contribution in [0.3, 0.4) is 0 Å². The van der Waals surface area contributed by atoms with Gasteiger partial charge in [-0.1, -0.05) is 6.92 Å². The number of esters is 2. The standard InChI is InChI=1S/C34H47NO11/c1-7-35-15-31(16-41-3)21(38)12-22(42-4)34-20-13-32(40)23(43-5)14-33(46-17(2)36,25(28(34)35)26(44-6)27(31)34)24(20)29(32)45-30(39)18-8-10-19(37)11-9-18/h8-11,20-29,37-38,40H,7,12-16H2,1-6H3/t20-,21-,22+,23+,24-,25-,26+,27-,28-,29-,31+,32+,33-,34-/m1/s1. The highest BCUT2D eigenvalue weighted by molar-refractivity contribution is 5.89. The molecule has 7 rings (SSSR count). The molecule has 5 saturated carbocycles. The summed E-state index contributed by atoms with van der Waals surface area (Å²) in [7, 11) is 6.50. The number of phenolic OH excluding ortho intramolecular Hbond substituents is 1. The summed E-state index contributed by atoms with van der Waals surface area (Å²) in [5.74, 6) is -2.84. The van der Waals surface area contributed by atoms with Crippen LogP contribution in [0.2, 0.25) is 0 Å². The first kappa shape index (κ1) is 32.2. The number of carbonyl (C=O) groups excluding carboxylic acids is 2. The Morgan fingerprint density at radius 1 is 1.00 bits per heavy atom. The number of phenols is 1. The zero-order valence-electron chi connectivity index (χ0n) is 27.4. The molecule has 7 bridgehead atoms. The fourth-order valence-corrected chi connectivity index (χ4v) is 12.2. The highest BCUT2D eigenvalue weighted by atomic mass is 16.6. The van der Waals surface area contributed by atoms with Crippen molar-refractivity contribution in [3.8, 4) is 5.75 Å². The SMILES string of the molecule is CCN1C[C@]2(COC)[C@H](O)C[C@H](OC)[C@]34[C@@H]5C[C@]6(O)[C@@H](OC)C[C@](OC(C)=O)([C@H]([C@H](OC)[C@H]23)[C@@H]14)[C@H]5[C@H]6OC(=O)c1ccc(O)cc1. The predicted molar refractivity (Wildman–Crippen MR) is 161 cm³/mol. The quantitative estimate of drug-likeness (QED) is 0.333. The van der Waals surface area contributed by atoms with Gasteiger partial charge in [-0.25, -0.2) is 4.79 Å². The van der Waals surface area contributed by atoms with Gasteiger partial charge in [0.1, 0.15) is 23.1 Å². The van der Waals surface area contributed by atoms with Gasteiger partial charge in [-0.05, 0) is 43.1 Å². The molecular weight excluding hydrogens is 598 g/mol. The smallest absolute Gasteiger partial charge is 0.338 e. The number of likely N-dealkylation sites (tertiary alicyclic amines) is 1. The van der Waals surface area contributed by atoms with Crippen molar-refractivity contribution in [1.29, 1.82) is 0 Å². The maximum absolute atomic E-state index is 13.8. The third-order valence-corrected chi connectivity index (χ3v) is 13.2. The number of piperidine rings is 1. The van der Waals surface area contributed by atoms with E-state index < -0.39 is 76.3 Å². The largest absolute Gasteiger partial charge is 0.508 e. The number of hydrogen-bond acceptors (Lipinski definition) is 12. The summed E-state index contributed by atoms with van der Waals surface area (Å²) < 4.78 is 37.7. The van der Waals surface area contributed by atoms with Crippen LogP contribution in [0.4, 0.5) is 0 Å². The number of ether oxygens (including phenoxy) is 6. The van der Waals surface area contributed by atoms with E-state index in [2.05, 4.69) is 11.8 Å². The third-order valence-electron chi connectivity index (χ3n) is 13.2. The van der Waals surface area contributed by atoms with E-state index in [1.165, 1.54) is 38.3 Å². The number of rotatable bonds is 9. The number of methoxy groups -OCH3 is 4. The minimum atomic E-state index is -1.61. The van der Waals surface area contributed by atoms with Crippen molar-refractivity contribution < 1.29 is 53.3 Å². The van der Waals surface area contributed by atoms with Crippen LogP contribution in [-0.2, 0) is 33.2 Å². The molecule has 12 nitrogen and oxygen atoms in total. The van der Waals surface area contributed by atoms with Crippen molar-refractivity contribution >= 4 is 11.9 Å². The van der Waals surface area contributed by atoms with Crippen LogP contribution in [-0.4, -0.2) is 128 Å². The van der Waals surface area contributed by atoms with Crippen LogP contribution in [0.5, 0.6) is 5.75 Å². The molecule has 3 N–H and O–H groups in total. The Kier molecular flexibility index (Phi) is 7.60. The molecule has 1 aliphatic heterocycles. The van der Waals surface area contributed by atoms with Crippen LogP contribution in [0.1, 0.15) is 43.5 Å². The molecule has 0 unspecified atom stereocenters.